The van der Waals surface area contributed by atoms with Crippen LogP contribution in [0.5, 0.6) is 0 Å². The maximum atomic E-state index is 13.0. The Morgan fingerprint density at radius 3 is 2.62 bits per heavy atom. The first-order chi connectivity index (χ1) is 16.3. The van der Waals surface area contributed by atoms with Gasteiger partial charge in [-0.2, -0.15) is 0 Å². The predicted octanol–water partition coefficient (Wildman–Crippen LogP) is 8.23. The van der Waals surface area contributed by atoms with Gasteiger partial charge in [0.15, 0.2) is 0 Å². The smallest absolute Gasteiger partial charge is 0.227 e. The van der Waals surface area contributed by atoms with E-state index in [1.54, 1.807) is 11.9 Å². The van der Waals surface area contributed by atoms with Crippen molar-refractivity contribution in [3.8, 4) is 0 Å². The minimum absolute atomic E-state index is 0.0498. The molecule has 0 N–H and O–H groups in total. The lowest BCUT2D eigenvalue weighted by Crippen LogP contribution is -2.27. The number of likely N-dealkylation sites (N-methyl/N-ethyl adjacent to an activating group) is 1. The highest BCUT2D eigenvalue weighted by Gasteiger charge is 2.17. The van der Waals surface area contributed by atoms with Crippen LogP contribution in [0.2, 0.25) is 0 Å². The van der Waals surface area contributed by atoms with Gasteiger partial charge in [-0.25, -0.2) is 0 Å². The summed E-state index contributed by atoms with van der Waals surface area (Å²) in [6.45, 7) is 14.0. The Labute approximate surface area is 211 Å². The van der Waals surface area contributed by atoms with Crippen LogP contribution in [0.4, 0.5) is 0 Å². The van der Waals surface area contributed by atoms with Crippen molar-refractivity contribution in [1.29, 1.82) is 0 Å². The van der Waals surface area contributed by atoms with Crippen LogP contribution in [-0.4, -0.2) is 22.8 Å². The molecule has 0 spiro atoms. The first kappa shape index (κ1) is 28.8. The van der Waals surface area contributed by atoms with Gasteiger partial charge in [0.05, 0.1) is 16.4 Å². The van der Waals surface area contributed by atoms with E-state index in [2.05, 4.69) is 38.0 Å². The molecule has 0 saturated heterocycles. The van der Waals surface area contributed by atoms with E-state index >= 15 is 0 Å². The van der Waals surface area contributed by atoms with E-state index < -0.39 is 0 Å². The molecule has 1 rings (SSSR count). The van der Waals surface area contributed by atoms with Gasteiger partial charge < -0.3 is 9.80 Å². The second-order valence-corrected chi connectivity index (χ2v) is 8.34. The number of rotatable bonds is 12. The molecule has 3 nitrogen and oxygen atoms in total. The largest absolute Gasteiger partial charge is 0.321 e. The Balaban J connectivity index is 2.93. The third-order valence-electron chi connectivity index (χ3n) is 4.91. The van der Waals surface area contributed by atoms with Gasteiger partial charge in [0, 0.05) is 31.9 Å². The van der Waals surface area contributed by atoms with Gasteiger partial charge >= 0.3 is 0 Å². The van der Waals surface area contributed by atoms with E-state index in [4.69, 9.17) is 11.6 Å². The van der Waals surface area contributed by atoms with Crippen LogP contribution >= 0.6 is 11.6 Å². The fourth-order valence-corrected chi connectivity index (χ4v) is 3.27. The lowest BCUT2D eigenvalue weighted by molar-refractivity contribution is -0.128. The molecule has 0 bridgehead atoms. The lowest BCUT2D eigenvalue weighted by atomic mass is 10.0. The van der Waals surface area contributed by atoms with Gasteiger partial charge in [0.25, 0.3) is 0 Å². The molecular formula is C30H37ClN2O. The molecule has 0 atom stereocenters. The maximum Gasteiger partial charge on any atom is 0.227 e. The third-order valence-corrected chi connectivity index (χ3v) is 5.10. The molecule has 1 aliphatic carbocycles. The average Bonchev–Trinajstić information content (AvgIpc) is 2.77. The van der Waals surface area contributed by atoms with Crippen molar-refractivity contribution >= 4 is 17.5 Å². The van der Waals surface area contributed by atoms with Crippen molar-refractivity contribution in [3.05, 3.63) is 126 Å². The summed E-state index contributed by atoms with van der Waals surface area (Å²) < 4.78 is 0. The number of halogens is 1. The number of allylic oxidation sites excluding steroid dienone is 13. The summed E-state index contributed by atoms with van der Waals surface area (Å²) >= 11 is 6.32. The highest BCUT2D eigenvalue weighted by atomic mass is 35.5. The van der Waals surface area contributed by atoms with Crippen molar-refractivity contribution in [2.75, 3.05) is 7.05 Å². The second kappa shape index (κ2) is 16.4. The van der Waals surface area contributed by atoms with Crippen molar-refractivity contribution in [3.63, 3.8) is 0 Å². The molecule has 0 aromatic rings. The topological polar surface area (TPSA) is 23.6 Å². The molecule has 0 radical (unpaired) electrons. The Bertz CT molecular complexity index is 1010. The quantitative estimate of drug-likeness (QED) is 0.161. The molecule has 180 valence electrons. The van der Waals surface area contributed by atoms with Crippen LogP contribution in [0, 0.1) is 0 Å². The van der Waals surface area contributed by atoms with Gasteiger partial charge in [-0.1, -0.05) is 84.5 Å². The molecule has 0 aromatic heterocycles. The van der Waals surface area contributed by atoms with Crippen LogP contribution in [-0.2, 0) is 4.79 Å². The third kappa shape index (κ3) is 11.0. The van der Waals surface area contributed by atoms with Gasteiger partial charge in [0.1, 0.15) is 0 Å². The molecule has 4 heteroatoms. The normalized spacial score (nSPS) is 14.6. The molecule has 0 fully saturated rings. The minimum Gasteiger partial charge on any atom is -0.321 e. The second-order valence-electron chi connectivity index (χ2n) is 7.88. The van der Waals surface area contributed by atoms with Gasteiger partial charge in [-0.3, -0.25) is 4.79 Å². The van der Waals surface area contributed by atoms with E-state index in [0.717, 1.165) is 24.1 Å². The first-order valence-electron chi connectivity index (χ1n) is 11.4. The number of hydrogen-bond acceptors (Lipinski definition) is 2. The molecular weight excluding hydrogens is 440 g/mol. The van der Waals surface area contributed by atoms with Crippen LogP contribution in [0.3, 0.4) is 0 Å². The van der Waals surface area contributed by atoms with Gasteiger partial charge in [-0.15, -0.1) is 5.73 Å². The average molecular weight is 477 g/mol. The predicted molar refractivity (Wildman–Crippen MR) is 148 cm³/mol. The summed E-state index contributed by atoms with van der Waals surface area (Å²) in [6, 6.07) is 0. The number of amides is 1. The summed E-state index contributed by atoms with van der Waals surface area (Å²) in [4.78, 5) is 16.4. The SMILES string of the molecule is C=C(CCC(=O)N(C)C(=CN(C=CC)C1=CC=CCC=C=C1)C(=C)Cl)CC(C)=CC=CC=CC. The highest BCUT2D eigenvalue weighted by Crippen LogP contribution is 2.22. The van der Waals surface area contributed by atoms with Crippen LogP contribution < -0.4 is 0 Å². The van der Waals surface area contributed by atoms with Crippen molar-refractivity contribution in [2.45, 2.75) is 46.5 Å². The molecule has 0 heterocycles. The minimum atomic E-state index is -0.0498. The molecule has 0 unspecified atom stereocenters. The Morgan fingerprint density at radius 1 is 1.18 bits per heavy atom. The molecule has 0 aromatic carbocycles. The molecule has 0 aliphatic heterocycles. The lowest BCUT2D eigenvalue weighted by Gasteiger charge is -2.24. The fraction of sp³-hybridized carbons (Fsp3) is 0.267. The maximum absolute atomic E-state index is 13.0. The Hall–Kier alpha value is -3.26. The van der Waals surface area contributed by atoms with Crippen LogP contribution in [0.25, 0.3) is 0 Å². The monoisotopic (exact) mass is 476 g/mol. The number of carbonyl (C=O) groups is 1. The van der Waals surface area contributed by atoms with Crippen LogP contribution in [0.1, 0.15) is 46.5 Å². The van der Waals surface area contributed by atoms with Gasteiger partial charge in [0.2, 0.25) is 5.91 Å². The summed E-state index contributed by atoms with van der Waals surface area (Å²) in [5.74, 6) is -0.0498. The summed E-state index contributed by atoms with van der Waals surface area (Å²) in [5.41, 5.74) is 6.81. The fourth-order valence-electron chi connectivity index (χ4n) is 3.09. The van der Waals surface area contributed by atoms with E-state index in [9.17, 15) is 4.79 Å². The zero-order valence-electron chi connectivity index (χ0n) is 20.9. The van der Waals surface area contributed by atoms with Crippen LogP contribution in [0.15, 0.2) is 126 Å². The Morgan fingerprint density at radius 2 is 1.94 bits per heavy atom. The number of nitrogens with zero attached hydrogens (tertiary/aromatic N) is 2. The molecule has 1 amide bonds. The van der Waals surface area contributed by atoms with E-state index in [1.807, 2.05) is 85.8 Å². The number of hydrogen-bond donors (Lipinski definition) is 0. The van der Waals surface area contributed by atoms with Gasteiger partial charge in [-0.05, 0) is 52.2 Å². The number of carbonyl (C=O) groups excluding carboxylic acids is 1. The first-order valence-corrected chi connectivity index (χ1v) is 11.8. The zero-order chi connectivity index (χ0) is 25.3. The molecule has 0 saturated carbocycles. The zero-order valence-corrected chi connectivity index (χ0v) is 21.7. The Kier molecular flexibility index (Phi) is 13.9. The van der Waals surface area contributed by atoms with E-state index in [1.165, 1.54) is 5.57 Å². The summed E-state index contributed by atoms with van der Waals surface area (Å²) in [6.07, 6.45) is 28.1. The van der Waals surface area contributed by atoms with Crippen molar-refractivity contribution in [1.82, 2.24) is 9.80 Å². The van der Waals surface area contributed by atoms with E-state index in [0.29, 0.717) is 18.5 Å². The molecule has 1 aliphatic rings. The van der Waals surface area contributed by atoms with E-state index in [-0.39, 0.29) is 10.9 Å². The summed E-state index contributed by atoms with van der Waals surface area (Å²) in [7, 11) is 1.72. The van der Waals surface area contributed by atoms with Crippen molar-refractivity contribution < 1.29 is 4.79 Å². The highest BCUT2D eigenvalue weighted by molar-refractivity contribution is 6.31. The molecule has 34 heavy (non-hydrogen) atoms. The summed E-state index contributed by atoms with van der Waals surface area (Å²) in [5, 5.41) is 0.289. The van der Waals surface area contributed by atoms with Crippen molar-refractivity contribution in [2.24, 2.45) is 0 Å². The standard InChI is InChI=1S/C30H37ClN2O/c1-7-9-10-14-17-25(3)23-26(4)20-21-30(34)32(6)29(27(5)31)24-33(22-8-2)28-18-15-12-11-13-16-19-28/h7-10,12-15,17-19,22,24H,4-5,11,20-21,23H2,1-3,6H3.